The molecule has 0 aliphatic rings. The number of aromatic nitrogens is 4. The van der Waals surface area contributed by atoms with Crippen LogP contribution in [0.3, 0.4) is 0 Å². The molecule has 130 valence electrons. The molecule has 0 aliphatic heterocycles. The van der Waals surface area contributed by atoms with Crippen molar-refractivity contribution in [3.63, 3.8) is 0 Å². The molecular weight excluding hydrogens is 320 g/mol. The molecule has 2 heterocycles. The highest BCUT2D eigenvalue weighted by Crippen LogP contribution is 2.18. The van der Waals surface area contributed by atoms with Gasteiger partial charge in [0, 0.05) is 23.4 Å². The summed E-state index contributed by atoms with van der Waals surface area (Å²) in [6.45, 7) is 6.01. The van der Waals surface area contributed by atoms with Crippen LogP contribution in [0.2, 0.25) is 0 Å². The third kappa shape index (κ3) is 3.85. The fourth-order valence-corrected chi connectivity index (χ4v) is 2.42. The van der Waals surface area contributed by atoms with Crippen LogP contribution in [-0.4, -0.2) is 26.4 Å². The number of hydrogen-bond acceptors (Lipinski definition) is 5. The molecule has 0 saturated carbocycles. The monoisotopic (exact) mass is 340 g/mol. The van der Waals surface area contributed by atoms with Crippen molar-refractivity contribution in [2.45, 2.75) is 33.4 Å². The van der Waals surface area contributed by atoms with Gasteiger partial charge in [-0.05, 0) is 32.9 Å². The molecule has 1 unspecified atom stereocenters. The van der Waals surface area contributed by atoms with Crippen molar-refractivity contribution in [3.8, 4) is 11.5 Å². The van der Waals surface area contributed by atoms with Gasteiger partial charge >= 0.3 is 6.03 Å². The highest BCUT2D eigenvalue weighted by molar-refractivity contribution is 5.74. The van der Waals surface area contributed by atoms with E-state index < -0.39 is 0 Å². The molecule has 8 heteroatoms. The number of benzene rings is 1. The first kappa shape index (κ1) is 16.7. The van der Waals surface area contributed by atoms with Gasteiger partial charge in [0.05, 0.1) is 11.7 Å². The summed E-state index contributed by atoms with van der Waals surface area (Å²) in [4.78, 5) is 16.4. The summed E-state index contributed by atoms with van der Waals surface area (Å²) in [5, 5.41) is 16.5. The third-order valence-electron chi connectivity index (χ3n) is 3.90. The van der Waals surface area contributed by atoms with Gasteiger partial charge in [-0.15, -0.1) is 0 Å². The van der Waals surface area contributed by atoms with Crippen molar-refractivity contribution in [2.75, 3.05) is 0 Å². The van der Waals surface area contributed by atoms with E-state index in [1.54, 1.807) is 6.92 Å². The second kappa shape index (κ2) is 7.16. The molecule has 0 radical (unpaired) electrons. The topological polar surface area (TPSA) is 109 Å². The first-order valence-electron chi connectivity index (χ1n) is 7.98. The molecule has 8 nitrogen and oxygen atoms in total. The second-order valence-corrected chi connectivity index (χ2v) is 5.79. The van der Waals surface area contributed by atoms with Crippen LogP contribution in [0.5, 0.6) is 0 Å². The number of aryl methyl sites for hydroxylation is 2. The number of urea groups is 1. The minimum atomic E-state index is -0.382. The first-order chi connectivity index (χ1) is 12.0. The number of carbonyl (C=O) groups is 1. The molecule has 25 heavy (non-hydrogen) atoms. The van der Waals surface area contributed by atoms with E-state index in [2.05, 4.69) is 31.0 Å². The van der Waals surface area contributed by atoms with Gasteiger partial charge in [0.15, 0.2) is 5.82 Å². The van der Waals surface area contributed by atoms with Crippen LogP contribution in [0, 0.1) is 13.8 Å². The van der Waals surface area contributed by atoms with Gasteiger partial charge in [0.25, 0.3) is 5.89 Å². The maximum Gasteiger partial charge on any atom is 0.315 e. The van der Waals surface area contributed by atoms with Crippen LogP contribution in [0.25, 0.3) is 11.5 Å². The summed E-state index contributed by atoms with van der Waals surface area (Å²) in [5.74, 6) is 0.846. The number of carbonyl (C=O) groups excluding carboxylic acids is 1. The molecule has 2 aromatic heterocycles. The standard InChI is InChI=1S/C17H20N6O2/c1-10-14(11(2)22-21-10)9-18-17(24)19-12(3)15-20-16(25-23-15)13-7-5-4-6-8-13/h4-8,12H,9H2,1-3H3,(H,21,22)(H2,18,19,24). The van der Waals surface area contributed by atoms with Gasteiger partial charge in [-0.3, -0.25) is 5.10 Å². The van der Waals surface area contributed by atoms with E-state index in [0.29, 0.717) is 18.3 Å². The number of aromatic amines is 1. The number of amides is 2. The minimum Gasteiger partial charge on any atom is -0.334 e. The van der Waals surface area contributed by atoms with Crippen molar-refractivity contribution in [2.24, 2.45) is 0 Å². The van der Waals surface area contributed by atoms with Gasteiger partial charge in [-0.25, -0.2) is 4.79 Å². The molecule has 1 aromatic carbocycles. The summed E-state index contributed by atoms with van der Waals surface area (Å²) in [6, 6.07) is 8.79. The molecule has 0 bridgehead atoms. The second-order valence-electron chi connectivity index (χ2n) is 5.79. The summed E-state index contributed by atoms with van der Waals surface area (Å²) in [7, 11) is 0. The van der Waals surface area contributed by atoms with Crippen molar-refractivity contribution < 1.29 is 9.32 Å². The molecule has 2 amide bonds. The zero-order chi connectivity index (χ0) is 17.8. The van der Waals surface area contributed by atoms with Gasteiger partial charge in [0.1, 0.15) is 0 Å². The molecule has 0 saturated heterocycles. The average molecular weight is 340 g/mol. The van der Waals surface area contributed by atoms with Gasteiger partial charge in [-0.1, -0.05) is 23.4 Å². The first-order valence-corrected chi connectivity index (χ1v) is 7.98. The van der Waals surface area contributed by atoms with Crippen LogP contribution in [0.1, 0.15) is 35.7 Å². The predicted octanol–water partition coefficient (Wildman–Crippen LogP) is 2.64. The summed E-state index contributed by atoms with van der Waals surface area (Å²) < 4.78 is 5.26. The van der Waals surface area contributed by atoms with E-state index in [1.165, 1.54) is 0 Å². The van der Waals surface area contributed by atoms with Gasteiger partial charge < -0.3 is 15.2 Å². The Balaban J connectivity index is 1.58. The fraction of sp³-hybridized carbons (Fsp3) is 0.294. The van der Waals surface area contributed by atoms with Crippen molar-refractivity contribution >= 4 is 6.03 Å². The Morgan fingerprint density at radius 1 is 1.28 bits per heavy atom. The van der Waals surface area contributed by atoms with E-state index in [0.717, 1.165) is 22.5 Å². The summed E-state index contributed by atoms with van der Waals surface area (Å²) in [5.41, 5.74) is 3.63. The Morgan fingerprint density at radius 3 is 2.72 bits per heavy atom. The van der Waals surface area contributed by atoms with Gasteiger partial charge in [0.2, 0.25) is 0 Å². The van der Waals surface area contributed by atoms with Crippen molar-refractivity contribution in [3.05, 3.63) is 53.1 Å². The Hall–Kier alpha value is -3.16. The van der Waals surface area contributed by atoms with E-state index >= 15 is 0 Å². The highest BCUT2D eigenvalue weighted by atomic mass is 16.5. The molecule has 1 atom stereocenters. The normalized spacial score (nSPS) is 12.0. The smallest absolute Gasteiger partial charge is 0.315 e. The SMILES string of the molecule is Cc1n[nH]c(C)c1CNC(=O)NC(C)c1noc(-c2ccccc2)n1. The van der Waals surface area contributed by atoms with Crippen LogP contribution >= 0.6 is 0 Å². The summed E-state index contributed by atoms with van der Waals surface area (Å²) in [6.07, 6.45) is 0. The van der Waals surface area contributed by atoms with Gasteiger partial charge in [-0.2, -0.15) is 10.1 Å². The third-order valence-corrected chi connectivity index (χ3v) is 3.90. The van der Waals surface area contributed by atoms with E-state index in [1.807, 2.05) is 44.2 Å². The summed E-state index contributed by atoms with van der Waals surface area (Å²) >= 11 is 0. The van der Waals surface area contributed by atoms with Crippen LogP contribution in [-0.2, 0) is 6.54 Å². The Labute approximate surface area is 145 Å². The van der Waals surface area contributed by atoms with E-state index in [9.17, 15) is 4.79 Å². The Morgan fingerprint density at radius 2 is 2.04 bits per heavy atom. The highest BCUT2D eigenvalue weighted by Gasteiger charge is 2.17. The molecule has 0 aliphatic carbocycles. The average Bonchev–Trinajstić information content (AvgIpc) is 3.22. The maximum absolute atomic E-state index is 12.1. The lowest BCUT2D eigenvalue weighted by atomic mass is 10.2. The molecule has 0 fully saturated rings. The number of H-pyrrole nitrogens is 1. The predicted molar refractivity (Wildman–Crippen MR) is 91.6 cm³/mol. The van der Waals surface area contributed by atoms with Crippen molar-refractivity contribution in [1.82, 2.24) is 31.0 Å². The Kier molecular flexibility index (Phi) is 4.78. The number of hydrogen-bond donors (Lipinski definition) is 3. The Bertz CT molecular complexity index is 836. The molecular formula is C17H20N6O2. The lowest BCUT2D eigenvalue weighted by Crippen LogP contribution is -2.37. The van der Waals surface area contributed by atoms with E-state index in [-0.39, 0.29) is 12.1 Å². The zero-order valence-electron chi connectivity index (χ0n) is 14.3. The van der Waals surface area contributed by atoms with E-state index in [4.69, 9.17) is 4.52 Å². The zero-order valence-corrected chi connectivity index (χ0v) is 14.3. The van der Waals surface area contributed by atoms with Crippen LogP contribution < -0.4 is 10.6 Å². The maximum atomic E-state index is 12.1. The molecule has 3 rings (SSSR count). The molecule has 3 aromatic rings. The number of rotatable bonds is 5. The quantitative estimate of drug-likeness (QED) is 0.661. The number of nitrogens with zero attached hydrogens (tertiary/aromatic N) is 3. The van der Waals surface area contributed by atoms with Crippen LogP contribution in [0.15, 0.2) is 34.9 Å². The molecule has 0 spiro atoms. The minimum absolute atomic E-state index is 0.307. The number of nitrogens with one attached hydrogen (secondary N) is 3. The molecule has 3 N–H and O–H groups in total. The lowest BCUT2D eigenvalue weighted by Gasteiger charge is -2.11. The lowest BCUT2D eigenvalue weighted by molar-refractivity contribution is 0.236. The van der Waals surface area contributed by atoms with Crippen molar-refractivity contribution in [1.29, 1.82) is 0 Å². The fourth-order valence-electron chi connectivity index (χ4n) is 2.42. The largest absolute Gasteiger partial charge is 0.334 e. The van der Waals surface area contributed by atoms with Crippen LogP contribution in [0.4, 0.5) is 4.79 Å².